The van der Waals surface area contributed by atoms with Crippen LogP contribution in [0, 0.1) is 0 Å². The van der Waals surface area contributed by atoms with Crippen LogP contribution >= 0.6 is 11.6 Å². The van der Waals surface area contributed by atoms with Gasteiger partial charge in [-0.15, -0.1) is 0 Å². The van der Waals surface area contributed by atoms with Crippen LogP contribution < -0.4 is 5.32 Å². The lowest BCUT2D eigenvalue weighted by atomic mass is 10.3. The Morgan fingerprint density at radius 2 is 1.89 bits per heavy atom. The van der Waals surface area contributed by atoms with Gasteiger partial charge >= 0.3 is 0 Å². The van der Waals surface area contributed by atoms with Gasteiger partial charge in [0.25, 0.3) is 0 Å². The number of nitrogens with zero attached hydrogens (tertiary/aromatic N) is 2. The Hall–Kier alpha value is -1.59. The van der Waals surface area contributed by atoms with Crippen molar-refractivity contribution in [1.29, 1.82) is 0 Å². The summed E-state index contributed by atoms with van der Waals surface area (Å²) in [6, 6.07) is 6.93. The predicted molar refractivity (Wildman–Crippen MR) is 76.3 cm³/mol. The first kappa shape index (κ1) is 15.5. The number of carbonyl (C=O) groups excluding carboxylic acids is 2. The first-order chi connectivity index (χ1) is 8.88. The smallest absolute Gasteiger partial charge is 0.238 e. The van der Waals surface area contributed by atoms with Crippen LogP contribution in [0.5, 0.6) is 0 Å². The van der Waals surface area contributed by atoms with Crippen LogP contribution in [0.15, 0.2) is 24.3 Å². The van der Waals surface area contributed by atoms with Gasteiger partial charge in [0.2, 0.25) is 11.8 Å². The number of rotatable bonds is 5. The molecular weight excluding hydrogens is 266 g/mol. The fourth-order valence-electron chi connectivity index (χ4n) is 1.44. The van der Waals surface area contributed by atoms with E-state index >= 15 is 0 Å². The average Bonchev–Trinajstić information content (AvgIpc) is 2.27. The molecule has 1 N–H and O–H groups in total. The van der Waals surface area contributed by atoms with E-state index in [0.717, 1.165) is 0 Å². The van der Waals surface area contributed by atoms with Gasteiger partial charge in [-0.2, -0.15) is 0 Å². The maximum absolute atomic E-state index is 11.8. The Kier molecular flexibility index (Phi) is 5.79. The van der Waals surface area contributed by atoms with Crippen molar-refractivity contribution in [3.05, 3.63) is 29.3 Å². The summed E-state index contributed by atoms with van der Waals surface area (Å²) in [6.07, 6.45) is 0. The van der Waals surface area contributed by atoms with E-state index in [0.29, 0.717) is 10.7 Å². The van der Waals surface area contributed by atoms with Gasteiger partial charge in [-0.25, -0.2) is 0 Å². The van der Waals surface area contributed by atoms with Crippen molar-refractivity contribution in [1.82, 2.24) is 9.80 Å². The maximum Gasteiger partial charge on any atom is 0.238 e. The second-order valence-corrected chi connectivity index (χ2v) is 4.96. The topological polar surface area (TPSA) is 52.7 Å². The van der Waals surface area contributed by atoms with Crippen molar-refractivity contribution in [2.24, 2.45) is 0 Å². The van der Waals surface area contributed by atoms with E-state index in [-0.39, 0.29) is 24.9 Å². The molecule has 0 atom stereocenters. The molecule has 2 amide bonds. The van der Waals surface area contributed by atoms with Crippen LogP contribution in [-0.4, -0.2) is 55.8 Å². The molecular formula is C13H18ClN3O2. The van der Waals surface area contributed by atoms with Gasteiger partial charge < -0.3 is 10.2 Å². The van der Waals surface area contributed by atoms with Gasteiger partial charge in [0.05, 0.1) is 13.1 Å². The number of halogens is 1. The van der Waals surface area contributed by atoms with E-state index < -0.39 is 0 Å². The maximum atomic E-state index is 11.8. The highest BCUT2D eigenvalue weighted by Gasteiger charge is 2.12. The van der Waals surface area contributed by atoms with Crippen molar-refractivity contribution < 1.29 is 9.59 Å². The number of hydrogen-bond acceptors (Lipinski definition) is 3. The molecule has 0 aliphatic carbocycles. The Bertz CT molecular complexity index is 463. The third kappa shape index (κ3) is 5.72. The SMILES string of the molecule is CN(CC(=O)Nc1cccc(Cl)c1)CC(=O)N(C)C. The van der Waals surface area contributed by atoms with Crippen molar-refractivity contribution in [3.63, 3.8) is 0 Å². The van der Waals surface area contributed by atoms with E-state index in [4.69, 9.17) is 11.6 Å². The monoisotopic (exact) mass is 283 g/mol. The lowest BCUT2D eigenvalue weighted by Gasteiger charge is -2.18. The Balaban J connectivity index is 2.45. The van der Waals surface area contributed by atoms with Crippen molar-refractivity contribution >= 4 is 29.1 Å². The molecule has 0 heterocycles. The van der Waals surface area contributed by atoms with Gasteiger partial charge in [0.15, 0.2) is 0 Å². The molecule has 5 nitrogen and oxygen atoms in total. The van der Waals surface area contributed by atoms with Crippen LogP contribution in [0.3, 0.4) is 0 Å². The molecule has 0 radical (unpaired) electrons. The number of anilines is 1. The van der Waals surface area contributed by atoms with Gasteiger partial charge in [-0.3, -0.25) is 14.5 Å². The fraction of sp³-hybridized carbons (Fsp3) is 0.385. The molecule has 19 heavy (non-hydrogen) atoms. The molecule has 0 aliphatic heterocycles. The summed E-state index contributed by atoms with van der Waals surface area (Å²) >= 11 is 5.83. The predicted octanol–water partition coefficient (Wildman–Crippen LogP) is 1.30. The van der Waals surface area contributed by atoms with Gasteiger partial charge in [0.1, 0.15) is 0 Å². The third-order valence-corrected chi connectivity index (χ3v) is 2.66. The zero-order chi connectivity index (χ0) is 14.4. The standard InChI is InChI=1S/C13H18ClN3O2/c1-16(2)13(19)9-17(3)8-12(18)15-11-6-4-5-10(14)7-11/h4-7H,8-9H2,1-3H3,(H,15,18). The molecule has 0 bridgehead atoms. The number of likely N-dealkylation sites (N-methyl/N-ethyl adjacent to an activating group) is 2. The van der Waals surface area contributed by atoms with E-state index in [1.165, 1.54) is 4.90 Å². The summed E-state index contributed by atoms with van der Waals surface area (Å²) in [5.74, 6) is -0.227. The largest absolute Gasteiger partial charge is 0.348 e. The second kappa shape index (κ2) is 7.11. The van der Waals surface area contributed by atoms with Crippen LogP contribution in [0.25, 0.3) is 0 Å². The molecule has 0 fully saturated rings. The highest BCUT2D eigenvalue weighted by atomic mass is 35.5. The average molecular weight is 284 g/mol. The van der Waals surface area contributed by atoms with Gasteiger partial charge in [0, 0.05) is 24.8 Å². The lowest BCUT2D eigenvalue weighted by molar-refractivity contribution is -0.130. The van der Waals surface area contributed by atoms with Crippen molar-refractivity contribution in [2.75, 3.05) is 39.5 Å². The summed E-state index contributed by atoms with van der Waals surface area (Å²) in [6.45, 7) is 0.349. The minimum atomic E-state index is -0.184. The Labute approximate surface area is 118 Å². The highest BCUT2D eigenvalue weighted by molar-refractivity contribution is 6.30. The summed E-state index contributed by atoms with van der Waals surface area (Å²) in [5, 5.41) is 3.29. The van der Waals surface area contributed by atoms with Crippen LogP contribution in [0.4, 0.5) is 5.69 Å². The summed E-state index contributed by atoms with van der Waals surface area (Å²) < 4.78 is 0. The minimum Gasteiger partial charge on any atom is -0.348 e. The summed E-state index contributed by atoms with van der Waals surface area (Å²) in [4.78, 5) is 26.4. The molecule has 0 saturated heterocycles. The zero-order valence-corrected chi connectivity index (χ0v) is 12.1. The molecule has 0 saturated carbocycles. The summed E-state index contributed by atoms with van der Waals surface area (Å²) in [7, 11) is 5.09. The fourth-order valence-corrected chi connectivity index (χ4v) is 1.63. The Morgan fingerprint density at radius 1 is 1.21 bits per heavy atom. The quantitative estimate of drug-likeness (QED) is 0.886. The van der Waals surface area contributed by atoms with E-state index in [1.807, 2.05) is 0 Å². The number of benzene rings is 1. The van der Waals surface area contributed by atoms with Crippen LogP contribution in [-0.2, 0) is 9.59 Å². The Morgan fingerprint density at radius 3 is 2.47 bits per heavy atom. The molecule has 104 valence electrons. The number of hydrogen-bond donors (Lipinski definition) is 1. The zero-order valence-electron chi connectivity index (χ0n) is 11.3. The summed E-state index contributed by atoms with van der Waals surface area (Å²) in [5.41, 5.74) is 0.643. The van der Waals surface area contributed by atoms with Gasteiger partial charge in [-0.1, -0.05) is 17.7 Å². The molecule has 0 aromatic heterocycles. The van der Waals surface area contributed by atoms with Crippen molar-refractivity contribution in [3.8, 4) is 0 Å². The first-order valence-corrected chi connectivity index (χ1v) is 6.20. The molecule has 1 aromatic rings. The normalized spacial score (nSPS) is 10.4. The molecule has 1 aromatic carbocycles. The first-order valence-electron chi connectivity index (χ1n) is 5.82. The molecule has 0 unspecified atom stereocenters. The second-order valence-electron chi connectivity index (χ2n) is 4.52. The number of amides is 2. The molecule has 6 heteroatoms. The molecule has 0 spiro atoms. The third-order valence-electron chi connectivity index (χ3n) is 2.43. The van der Waals surface area contributed by atoms with E-state index in [9.17, 15) is 9.59 Å². The number of carbonyl (C=O) groups is 2. The van der Waals surface area contributed by atoms with E-state index in [2.05, 4.69) is 5.32 Å². The minimum absolute atomic E-state index is 0.0435. The lowest BCUT2D eigenvalue weighted by Crippen LogP contribution is -2.38. The number of nitrogens with one attached hydrogen (secondary N) is 1. The van der Waals surface area contributed by atoms with E-state index in [1.54, 1.807) is 50.3 Å². The molecule has 0 aliphatic rings. The van der Waals surface area contributed by atoms with Crippen LogP contribution in [0.1, 0.15) is 0 Å². The van der Waals surface area contributed by atoms with Crippen molar-refractivity contribution in [2.45, 2.75) is 0 Å². The molecule has 1 rings (SSSR count). The van der Waals surface area contributed by atoms with Crippen LogP contribution in [0.2, 0.25) is 5.02 Å². The van der Waals surface area contributed by atoms with Gasteiger partial charge in [-0.05, 0) is 25.2 Å². The highest BCUT2D eigenvalue weighted by Crippen LogP contribution is 2.14.